The first-order valence-electron chi connectivity index (χ1n) is 6.05. The van der Waals surface area contributed by atoms with Crippen molar-refractivity contribution >= 4 is 0 Å². The van der Waals surface area contributed by atoms with E-state index >= 15 is 0 Å². The van der Waals surface area contributed by atoms with Crippen molar-refractivity contribution in [1.82, 2.24) is 0 Å². The van der Waals surface area contributed by atoms with Gasteiger partial charge in [0, 0.05) is 12.1 Å². The molecule has 15 heavy (non-hydrogen) atoms. The van der Waals surface area contributed by atoms with Crippen molar-refractivity contribution < 1.29 is 9.84 Å². The molecule has 0 saturated heterocycles. The van der Waals surface area contributed by atoms with Crippen LogP contribution >= 0.6 is 0 Å². The first kappa shape index (κ1) is 12.9. The SMILES string of the molecule is CC(CC(C)(N)CO)OCC1CCCC1. The second-order valence-corrected chi connectivity index (χ2v) is 5.31. The van der Waals surface area contributed by atoms with E-state index in [1.54, 1.807) is 0 Å². The van der Waals surface area contributed by atoms with E-state index in [9.17, 15) is 0 Å². The van der Waals surface area contributed by atoms with Gasteiger partial charge in [0.05, 0.1) is 12.7 Å². The predicted octanol–water partition coefficient (Wildman–Crippen LogP) is 1.68. The summed E-state index contributed by atoms with van der Waals surface area (Å²) >= 11 is 0. The number of nitrogens with two attached hydrogens (primary N) is 1. The lowest BCUT2D eigenvalue weighted by Gasteiger charge is -2.26. The fourth-order valence-electron chi connectivity index (χ4n) is 2.26. The van der Waals surface area contributed by atoms with Crippen LogP contribution in [0.15, 0.2) is 0 Å². The summed E-state index contributed by atoms with van der Waals surface area (Å²) in [6, 6.07) is 0. The van der Waals surface area contributed by atoms with E-state index < -0.39 is 5.54 Å². The van der Waals surface area contributed by atoms with Gasteiger partial charge in [0.1, 0.15) is 0 Å². The van der Waals surface area contributed by atoms with Gasteiger partial charge in [-0.3, -0.25) is 0 Å². The lowest BCUT2D eigenvalue weighted by atomic mass is 9.97. The Morgan fingerprint density at radius 2 is 2.07 bits per heavy atom. The molecule has 0 aromatic heterocycles. The maximum Gasteiger partial charge on any atom is 0.0609 e. The van der Waals surface area contributed by atoms with Crippen LogP contribution in [0.1, 0.15) is 46.0 Å². The van der Waals surface area contributed by atoms with Crippen molar-refractivity contribution in [2.24, 2.45) is 11.7 Å². The van der Waals surface area contributed by atoms with Crippen LogP contribution in [0.25, 0.3) is 0 Å². The number of aliphatic hydroxyl groups is 1. The predicted molar refractivity (Wildman–Crippen MR) is 61.7 cm³/mol. The van der Waals surface area contributed by atoms with Crippen LogP contribution in [0.5, 0.6) is 0 Å². The summed E-state index contributed by atoms with van der Waals surface area (Å²) in [6.45, 7) is 4.78. The van der Waals surface area contributed by atoms with Crippen LogP contribution in [-0.4, -0.2) is 30.0 Å². The Labute approximate surface area is 93.0 Å². The lowest BCUT2D eigenvalue weighted by molar-refractivity contribution is 0.0177. The minimum atomic E-state index is -0.505. The minimum Gasteiger partial charge on any atom is -0.394 e. The molecule has 0 amide bonds. The van der Waals surface area contributed by atoms with Gasteiger partial charge in [0.2, 0.25) is 0 Å². The molecule has 3 N–H and O–H groups in total. The van der Waals surface area contributed by atoms with Crippen molar-refractivity contribution in [3.8, 4) is 0 Å². The first-order valence-corrected chi connectivity index (χ1v) is 6.05. The van der Waals surface area contributed by atoms with Gasteiger partial charge in [-0.1, -0.05) is 12.8 Å². The van der Waals surface area contributed by atoms with Gasteiger partial charge in [-0.2, -0.15) is 0 Å². The van der Waals surface area contributed by atoms with Crippen molar-refractivity contribution in [2.45, 2.75) is 57.6 Å². The molecule has 1 rings (SSSR count). The number of rotatable bonds is 6. The van der Waals surface area contributed by atoms with Crippen molar-refractivity contribution in [3.63, 3.8) is 0 Å². The molecule has 90 valence electrons. The van der Waals surface area contributed by atoms with Gasteiger partial charge in [0.15, 0.2) is 0 Å². The summed E-state index contributed by atoms with van der Waals surface area (Å²) in [7, 11) is 0. The Balaban J connectivity index is 2.15. The monoisotopic (exact) mass is 215 g/mol. The van der Waals surface area contributed by atoms with E-state index in [4.69, 9.17) is 15.6 Å². The van der Waals surface area contributed by atoms with Crippen LogP contribution in [0.2, 0.25) is 0 Å². The van der Waals surface area contributed by atoms with Gasteiger partial charge < -0.3 is 15.6 Å². The van der Waals surface area contributed by atoms with Crippen molar-refractivity contribution in [2.75, 3.05) is 13.2 Å². The summed E-state index contributed by atoms with van der Waals surface area (Å²) in [4.78, 5) is 0. The fraction of sp³-hybridized carbons (Fsp3) is 1.00. The Bertz CT molecular complexity index is 176. The Morgan fingerprint density at radius 1 is 1.47 bits per heavy atom. The van der Waals surface area contributed by atoms with Crippen LogP contribution in [0, 0.1) is 5.92 Å². The zero-order valence-electron chi connectivity index (χ0n) is 10.0. The van der Waals surface area contributed by atoms with E-state index in [2.05, 4.69) is 0 Å². The first-order chi connectivity index (χ1) is 7.03. The third-order valence-corrected chi connectivity index (χ3v) is 3.21. The second-order valence-electron chi connectivity index (χ2n) is 5.31. The quantitative estimate of drug-likeness (QED) is 0.709. The van der Waals surface area contributed by atoms with Crippen LogP contribution in [0.3, 0.4) is 0 Å². The number of hydrogen-bond donors (Lipinski definition) is 2. The molecule has 0 aromatic rings. The number of hydrogen-bond acceptors (Lipinski definition) is 3. The molecule has 2 atom stereocenters. The molecule has 0 radical (unpaired) electrons. The Hall–Kier alpha value is -0.120. The summed E-state index contributed by atoms with van der Waals surface area (Å²) in [5.41, 5.74) is 5.37. The summed E-state index contributed by atoms with van der Waals surface area (Å²) < 4.78 is 5.77. The van der Waals surface area contributed by atoms with Gasteiger partial charge in [-0.25, -0.2) is 0 Å². The van der Waals surface area contributed by atoms with E-state index in [1.165, 1.54) is 25.7 Å². The van der Waals surface area contributed by atoms with Crippen LogP contribution in [-0.2, 0) is 4.74 Å². The molecule has 2 unspecified atom stereocenters. The third-order valence-electron chi connectivity index (χ3n) is 3.21. The summed E-state index contributed by atoms with van der Waals surface area (Å²) in [6.07, 6.45) is 6.20. The lowest BCUT2D eigenvalue weighted by Crippen LogP contribution is -2.43. The van der Waals surface area contributed by atoms with Crippen molar-refractivity contribution in [3.05, 3.63) is 0 Å². The fourth-order valence-corrected chi connectivity index (χ4v) is 2.26. The molecule has 1 fully saturated rings. The zero-order valence-corrected chi connectivity index (χ0v) is 10.0. The normalized spacial score (nSPS) is 24.0. The summed E-state index contributed by atoms with van der Waals surface area (Å²) in [5.74, 6) is 0.755. The van der Waals surface area contributed by atoms with Crippen LogP contribution in [0.4, 0.5) is 0 Å². The topological polar surface area (TPSA) is 55.5 Å². The minimum absolute atomic E-state index is 0.0180. The molecule has 1 aliphatic rings. The second kappa shape index (κ2) is 5.83. The van der Waals surface area contributed by atoms with E-state index in [1.807, 2.05) is 13.8 Å². The van der Waals surface area contributed by atoms with Gasteiger partial charge in [-0.15, -0.1) is 0 Å². The molecule has 0 aromatic carbocycles. The molecule has 0 heterocycles. The highest BCUT2D eigenvalue weighted by Gasteiger charge is 2.22. The van der Waals surface area contributed by atoms with Crippen molar-refractivity contribution in [1.29, 1.82) is 0 Å². The zero-order chi connectivity index (χ0) is 11.3. The van der Waals surface area contributed by atoms with Gasteiger partial charge >= 0.3 is 0 Å². The van der Waals surface area contributed by atoms with E-state index in [0.29, 0.717) is 0 Å². The van der Waals surface area contributed by atoms with Gasteiger partial charge in [0.25, 0.3) is 0 Å². The average Bonchev–Trinajstić information content (AvgIpc) is 2.66. The van der Waals surface area contributed by atoms with E-state index in [0.717, 1.165) is 18.9 Å². The van der Waals surface area contributed by atoms with Crippen LogP contribution < -0.4 is 5.73 Å². The highest BCUT2D eigenvalue weighted by atomic mass is 16.5. The molecule has 1 aliphatic carbocycles. The molecule has 0 spiro atoms. The molecule has 3 heteroatoms. The molecule has 1 saturated carbocycles. The molecule has 3 nitrogen and oxygen atoms in total. The maximum absolute atomic E-state index is 9.04. The highest BCUT2D eigenvalue weighted by molar-refractivity contribution is 4.80. The molecular weight excluding hydrogens is 190 g/mol. The van der Waals surface area contributed by atoms with Gasteiger partial charge in [-0.05, 0) is 39.0 Å². The molecule has 0 aliphatic heterocycles. The number of aliphatic hydroxyl groups excluding tert-OH is 1. The number of ether oxygens (including phenoxy) is 1. The largest absolute Gasteiger partial charge is 0.394 e. The Kier molecular flexibility index (Phi) is 5.03. The average molecular weight is 215 g/mol. The highest BCUT2D eigenvalue weighted by Crippen LogP contribution is 2.25. The maximum atomic E-state index is 9.04. The molecular formula is C12H25NO2. The Morgan fingerprint density at radius 3 is 2.60 bits per heavy atom. The summed E-state index contributed by atoms with van der Waals surface area (Å²) in [5, 5.41) is 9.04. The smallest absolute Gasteiger partial charge is 0.0609 e. The van der Waals surface area contributed by atoms with E-state index in [-0.39, 0.29) is 12.7 Å². The third kappa shape index (κ3) is 4.96. The standard InChI is InChI=1S/C12H25NO2/c1-10(7-12(2,13)9-14)15-8-11-5-3-4-6-11/h10-11,14H,3-9,13H2,1-2H3. The molecule has 0 bridgehead atoms.